The van der Waals surface area contributed by atoms with Gasteiger partial charge in [0.2, 0.25) is 0 Å². The Morgan fingerprint density at radius 2 is 1.79 bits per heavy atom. The molecule has 0 aliphatic carbocycles. The minimum atomic E-state index is 0.758. The number of halogens is 1. The first kappa shape index (κ1) is 17.8. The maximum atomic E-state index is 6.12. The summed E-state index contributed by atoms with van der Waals surface area (Å²) in [7, 11) is 0. The summed E-state index contributed by atoms with van der Waals surface area (Å²) in [5.41, 5.74) is 12.5. The number of anilines is 2. The second-order valence-corrected chi connectivity index (χ2v) is 7.74. The minimum absolute atomic E-state index is 0.758. The molecule has 0 amide bonds. The fourth-order valence-corrected chi connectivity index (χ4v) is 4.18. The topological polar surface area (TPSA) is 43.0 Å². The largest absolute Gasteiger partial charge is 0.379 e. The van der Waals surface area contributed by atoms with Crippen molar-refractivity contribution in [2.75, 3.05) is 44.3 Å². The smallest absolute Gasteiger partial charge is 0.0803 e. The van der Waals surface area contributed by atoms with Crippen LogP contribution in [0.1, 0.15) is 11.1 Å². The zero-order chi connectivity index (χ0) is 18.9. The molecule has 1 fully saturated rings. The van der Waals surface area contributed by atoms with E-state index in [1.165, 1.54) is 22.5 Å². The molecule has 0 bridgehead atoms. The third-order valence-electron chi connectivity index (χ3n) is 5.52. The molecule has 0 aromatic heterocycles. The van der Waals surface area contributed by atoms with Crippen LogP contribution in [0.25, 0.3) is 5.70 Å². The summed E-state index contributed by atoms with van der Waals surface area (Å²) in [6.07, 6.45) is 2.03. The Kier molecular flexibility index (Phi) is 4.86. The van der Waals surface area contributed by atoms with E-state index in [1.54, 1.807) is 0 Å². The van der Waals surface area contributed by atoms with E-state index in [-0.39, 0.29) is 0 Å². The number of benzene rings is 2. The van der Waals surface area contributed by atoms with Crippen molar-refractivity contribution < 1.29 is 4.74 Å². The third-order valence-corrected chi connectivity index (χ3v) is 5.78. The zero-order valence-electron chi connectivity index (χ0n) is 15.7. The van der Waals surface area contributed by atoms with Gasteiger partial charge in [-0.2, -0.15) is 0 Å². The summed E-state index contributed by atoms with van der Waals surface area (Å²) in [6, 6.07) is 14.9. The molecule has 1 saturated heterocycles. The number of morpholine rings is 1. The van der Waals surface area contributed by atoms with Crippen LogP contribution in [0.3, 0.4) is 0 Å². The number of hydrogen-bond acceptors (Lipinski definition) is 6. The van der Waals surface area contributed by atoms with Gasteiger partial charge in [0.05, 0.1) is 31.1 Å². The molecule has 3 aliphatic rings. The third kappa shape index (κ3) is 3.44. The Morgan fingerprint density at radius 3 is 2.61 bits per heavy atom. The molecule has 7 heteroatoms. The first-order valence-corrected chi connectivity index (χ1v) is 10.1. The Balaban J connectivity index is 1.53. The molecule has 5 rings (SSSR count). The van der Waals surface area contributed by atoms with E-state index in [1.807, 2.05) is 18.3 Å². The summed E-state index contributed by atoms with van der Waals surface area (Å²) < 4.78 is 5.49. The highest BCUT2D eigenvalue weighted by atomic mass is 35.5. The standard InChI is InChI=1S/C21H24ClN5O/c22-17-2-4-18(5-3-17)26-7-8-27-21(14-23-24-27)19-6-1-16(13-20(19)26)15-25-9-11-28-12-10-25/h1-6,13-14,23-24H,7-12,15H2. The molecule has 2 aromatic carbocycles. The van der Waals surface area contributed by atoms with Gasteiger partial charge >= 0.3 is 0 Å². The van der Waals surface area contributed by atoms with Gasteiger partial charge in [0.25, 0.3) is 0 Å². The van der Waals surface area contributed by atoms with Crippen LogP contribution in [0, 0.1) is 0 Å². The van der Waals surface area contributed by atoms with Crippen LogP contribution < -0.4 is 15.9 Å². The van der Waals surface area contributed by atoms with Gasteiger partial charge in [-0.3, -0.25) is 9.91 Å². The number of fused-ring (bicyclic) bond motifs is 3. The highest BCUT2D eigenvalue weighted by Gasteiger charge is 2.27. The lowest BCUT2D eigenvalue weighted by molar-refractivity contribution is 0.0342. The molecule has 3 aliphatic heterocycles. The van der Waals surface area contributed by atoms with Crippen LogP contribution in [-0.4, -0.2) is 49.3 Å². The molecule has 0 saturated carbocycles. The lowest BCUT2D eigenvalue weighted by atomic mass is 10.0. The molecule has 0 radical (unpaired) electrons. The highest BCUT2D eigenvalue weighted by molar-refractivity contribution is 6.30. The van der Waals surface area contributed by atoms with Gasteiger partial charge < -0.3 is 15.1 Å². The molecule has 28 heavy (non-hydrogen) atoms. The monoisotopic (exact) mass is 397 g/mol. The predicted molar refractivity (Wildman–Crippen MR) is 112 cm³/mol. The van der Waals surface area contributed by atoms with Crippen LogP contribution in [0.5, 0.6) is 0 Å². The molecule has 6 nitrogen and oxygen atoms in total. The van der Waals surface area contributed by atoms with Crippen molar-refractivity contribution in [3.8, 4) is 0 Å². The van der Waals surface area contributed by atoms with Crippen molar-refractivity contribution in [3.05, 3.63) is 64.8 Å². The van der Waals surface area contributed by atoms with E-state index in [0.717, 1.165) is 56.6 Å². The molecule has 0 atom stereocenters. The van der Waals surface area contributed by atoms with Crippen LogP contribution in [0.4, 0.5) is 11.4 Å². The zero-order valence-corrected chi connectivity index (χ0v) is 16.5. The van der Waals surface area contributed by atoms with Crippen molar-refractivity contribution in [1.29, 1.82) is 0 Å². The minimum Gasteiger partial charge on any atom is -0.379 e. The number of nitrogens with zero attached hydrogens (tertiary/aromatic N) is 3. The molecule has 2 N–H and O–H groups in total. The molecule has 146 valence electrons. The average Bonchev–Trinajstić information content (AvgIpc) is 3.13. The maximum Gasteiger partial charge on any atom is 0.0803 e. The van der Waals surface area contributed by atoms with Crippen LogP contribution >= 0.6 is 11.6 Å². The average molecular weight is 398 g/mol. The molecule has 3 heterocycles. The van der Waals surface area contributed by atoms with Crippen molar-refractivity contribution in [2.24, 2.45) is 0 Å². The summed E-state index contributed by atoms with van der Waals surface area (Å²) in [5.74, 6) is 0. The van der Waals surface area contributed by atoms with Gasteiger partial charge in [-0.1, -0.05) is 23.7 Å². The van der Waals surface area contributed by atoms with E-state index in [2.05, 4.69) is 56.1 Å². The van der Waals surface area contributed by atoms with Crippen LogP contribution in [0.2, 0.25) is 5.02 Å². The number of hydrogen-bond donors (Lipinski definition) is 2. The van der Waals surface area contributed by atoms with Gasteiger partial charge in [0.15, 0.2) is 0 Å². The van der Waals surface area contributed by atoms with Gasteiger partial charge in [-0.15, -0.1) is 5.53 Å². The normalized spacial score (nSPS) is 19.5. The molecule has 2 aromatic rings. The molecular weight excluding hydrogens is 374 g/mol. The van der Waals surface area contributed by atoms with E-state index in [9.17, 15) is 0 Å². The van der Waals surface area contributed by atoms with Crippen LogP contribution in [0.15, 0.2) is 48.7 Å². The number of ether oxygens (including phenoxy) is 1. The van der Waals surface area contributed by atoms with E-state index < -0.39 is 0 Å². The SMILES string of the molecule is Clc1ccc(N2CCN3NNC=C3c3ccc(CN4CCOCC4)cc32)cc1. The second kappa shape index (κ2) is 7.64. The van der Waals surface area contributed by atoms with Crippen LogP contribution in [-0.2, 0) is 11.3 Å². The fraction of sp³-hybridized carbons (Fsp3) is 0.333. The van der Waals surface area contributed by atoms with E-state index >= 15 is 0 Å². The van der Waals surface area contributed by atoms with Crippen molar-refractivity contribution >= 4 is 28.7 Å². The maximum absolute atomic E-state index is 6.12. The Morgan fingerprint density at radius 1 is 0.964 bits per heavy atom. The summed E-state index contributed by atoms with van der Waals surface area (Å²) in [4.78, 5) is 4.84. The lowest BCUT2D eigenvalue weighted by Gasteiger charge is -2.28. The Labute approximate surface area is 170 Å². The first-order chi connectivity index (χ1) is 13.8. The fourth-order valence-electron chi connectivity index (χ4n) is 4.06. The summed E-state index contributed by atoms with van der Waals surface area (Å²) in [6.45, 7) is 6.32. The molecular formula is C21H24ClN5O. The van der Waals surface area contributed by atoms with E-state index in [4.69, 9.17) is 16.3 Å². The number of rotatable bonds is 3. The lowest BCUT2D eigenvalue weighted by Crippen LogP contribution is -2.39. The first-order valence-electron chi connectivity index (χ1n) is 9.73. The van der Waals surface area contributed by atoms with Gasteiger partial charge in [0.1, 0.15) is 0 Å². The highest BCUT2D eigenvalue weighted by Crippen LogP contribution is 2.37. The van der Waals surface area contributed by atoms with Crippen molar-refractivity contribution in [2.45, 2.75) is 6.54 Å². The molecule has 0 unspecified atom stereocenters. The van der Waals surface area contributed by atoms with Crippen molar-refractivity contribution in [1.82, 2.24) is 20.9 Å². The predicted octanol–water partition coefficient (Wildman–Crippen LogP) is 2.95. The number of hydrazine groups is 2. The van der Waals surface area contributed by atoms with E-state index in [0.29, 0.717) is 0 Å². The van der Waals surface area contributed by atoms with Gasteiger partial charge in [0, 0.05) is 48.7 Å². The van der Waals surface area contributed by atoms with Gasteiger partial charge in [-0.25, -0.2) is 0 Å². The number of nitrogens with one attached hydrogen (secondary N) is 2. The Bertz CT molecular complexity index is 879. The quantitative estimate of drug-likeness (QED) is 0.830. The van der Waals surface area contributed by atoms with Gasteiger partial charge in [-0.05, 0) is 35.9 Å². The summed E-state index contributed by atoms with van der Waals surface area (Å²) in [5, 5.41) is 2.92. The second-order valence-electron chi connectivity index (χ2n) is 7.31. The Hall–Kier alpha value is -2.25. The molecule has 0 spiro atoms. The summed E-state index contributed by atoms with van der Waals surface area (Å²) >= 11 is 6.12. The van der Waals surface area contributed by atoms with Crippen molar-refractivity contribution in [3.63, 3.8) is 0 Å².